The van der Waals surface area contributed by atoms with E-state index in [0.29, 0.717) is 22.4 Å². The Morgan fingerprint density at radius 3 is 2.15 bits per heavy atom. The number of allylic oxidation sites excluding steroid dienone is 1. The van der Waals surface area contributed by atoms with E-state index in [1.54, 1.807) is 43.5 Å². The van der Waals surface area contributed by atoms with Gasteiger partial charge in [-0.3, -0.25) is 4.79 Å². The lowest BCUT2D eigenvalue weighted by atomic mass is 10.0. The van der Waals surface area contributed by atoms with E-state index in [1.807, 2.05) is 42.5 Å². The van der Waals surface area contributed by atoms with Crippen LogP contribution in [0.3, 0.4) is 0 Å². The monoisotopic (exact) mass is 458 g/mol. The molecule has 0 fully saturated rings. The van der Waals surface area contributed by atoms with Crippen LogP contribution in [0.5, 0.6) is 11.5 Å². The third kappa shape index (κ3) is 6.36. The molecule has 0 aromatic heterocycles. The highest BCUT2D eigenvalue weighted by Crippen LogP contribution is 2.23. The molecule has 0 bridgehead atoms. The van der Waals surface area contributed by atoms with Crippen molar-refractivity contribution in [2.24, 2.45) is 0 Å². The zero-order valence-corrected chi connectivity index (χ0v) is 19.3. The molecule has 3 aromatic carbocycles. The molecule has 34 heavy (non-hydrogen) atoms. The molecule has 3 aromatic rings. The van der Waals surface area contributed by atoms with Gasteiger partial charge in [0.25, 0.3) is 0 Å². The molecular weight excluding hydrogens is 432 g/mol. The molecule has 0 saturated heterocycles. The Balaban J connectivity index is 1.66. The zero-order valence-electron chi connectivity index (χ0n) is 19.3. The first kappa shape index (κ1) is 24.3. The maximum Gasteiger partial charge on any atom is 0.341 e. The second-order valence-electron chi connectivity index (χ2n) is 7.20. The average Bonchev–Trinajstić information content (AvgIpc) is 2.89. The number of rotatable bonds is 10. The smallest absolute Gasteiger partial charge is 0.341 e. The van der Waals surface area contributed by atoms with Crippen LogP contribution in [0.2, 0.25) is 0 Å². The van der Waals surface area contributed by atoms with Crippen molar-refractivity contribution in [2.45, 2.75) is 6.61 Å². The fourth-order valence-electron chi connectivity index (χ4n) is 3.22. The number of ether oxygens (including phenoxy) is 4. The Labute approximate surface area is 199 Å². The fourth-order valence-corrected chi connectivity index (χ4v) is 3.22. The Morgan fingerprint density at radius 2 is 1.50 bits per heavy atom. The molecule has 0 aliphatic carbocycles. The predicted molar refractivity (Wildman–Crippen MR) is 131 cm³/mol. The third-order valence-corrected chi connectivity index (χ3v) is 5.02. The number of benzene rings is 3. The summed E-state index contributed by atoms with van der Waals surface area (Å²) < 4.78 is 20.9. The SMILES string of the molecule is CO/C=C(/C(=O)OC)c1ccccc1COc1ccc(C(=O)/C=C/c2ccc(OC)cc2)cc1. The summed E-state index contributed by atoms with van der Waals surface area (Å²) in [5.74, 6) is 0.749. The fraction of sp³-hybridized carbons (Fsp3) is 0.143. The highest BCUT2D eigenvalue weighted by Gasteiger charge is 2.17. The molecule has 0 atom stereocenters. The number of ketones is 1. The van der Waals surface area contributed by atoms with Crippen molar-refractivity contribution in [1.82, 2.24) is 0 Å². The number of hydrogen-bond donors (Lipinski definition) is 0. The Kier molecular flexibility index (Phi) is 8.63. The predicted octanol–water partition coefficient (Wildman–Crippen LogP) is 5.33. The van der Waals surface area contributed by atoms with Gasteiger partial charge in [0.1, 0.15) is 23.7 Å². The number of esters is 1. The van der Waals surface area contributed by atoms with Gasteiger partial charge < -0.3 is 18.9 Å². The van der Waals surface area contributed by atoms with Crippen molar-refractivity contribution >= 4 is 23.4 Å². The Hall–Kier alpha value is -4.32. The molecule has 6 nitrogen and oxygen atoms in total. The van der Waals surface area contributed by atoms with E-state index in [2.05, 4.69) is 0 Å². The minimum Gasteiger partial charge on any atom is -0.503 e. The molecule has 6 heteroatoms. The summed E-state index contributed by atoms with van der Waals surface area (Å²) in [6.45, 7) is 0.221. The summed E-state index contributed by atoms with van der Waals surface area (Å²) >= 11 is 0. The molecule has 0 amide bonds. The summed E-state index contributed by atoms with van der Waals surface area (Å²) in [4.78, 5) is 24.6. The lowest BCUT2D eigenvalue weighted by Crippen LogP contribution is -2.08. The molecule has 0 N–H and O–H groups in total. The van der Waals surface area contributed by atoms with E-state index >= 15 is 0 Å². The Bertz CT molecular complexity index is 1170. The average molecular weight is 459 g/mol. The van der Waals surface area contributed by atoms with Crippen molar-refractivity contribution in [2.75, 3.05) is 21.3 Å². The lowest BCUT2D eigenvalue weighted by molar-refractivity contribution is -0.133. The first-order valence-electron chi connectivity index (χ1n) is 10.5. The largest absolute Gasteiger partial charge is 0.503 e. The van der Waals surface area contributed by atoms with E-state index in [4.69, 9.17) is 18.9 Å². The van der Waals surface area contributed by atoms with Crippen LogP contribution in [-0.2, 0) is 20.9 Å². The molecule has 0 radical (unpaired) electrons. The van der Waals surface area contributed by atoms with Crippen molar-refractivity contribution in [1.29, 1.82) is 0 Å². The van der Waals surface area contributed by atoms with Gasteiger partial charge in [0.2, 0.25) is 0 Å². The maximum absolute atomic E-state index is 12.5. The summed E-state index contributed by atoms with van der Waals surface area (Å²) in [6, 6.07) is 21.7. The first-order valence-corrected chi connectivity index (χ1v) is 10.5. The van der Waals surface area contributed by atoms with Gasteiger partial charge in [-0.2, -0.15) is 0 Å². The highest BCUT2D eigenvalue weighted by atomic mass is 16.5. The van der Waals surface area contributed by atoms with Gasteiger partial charge in [0.05, 0.1) is 27.6 Å². The second-order valence-corrected chi connectivity index (χ2v) is 7.20. The normalized spacial score (nSPS) is 11.2. The molecule has 0 aliphatic heterocycles. The van der Waals surface area contributed by atoms with E-state index < -0.39 is 5.97 Å². The van der Waals surface area contributed by atoms with Gasteiger partial charge in [-0.05, 0) is 59.2 Å². The number of carbonyl (C=O) groups excluding carboxylic acids is 2. The number of methoxy groups -OCH3 is 3. The van der Waals surface area contributed by atoms with E-state index in [-0.39, 0.29) is 12.4 Å². The van der Waals surface area contributed by atoms with Crippen LogP contribution < -0.4 is 9.47 Å². The van der Waals surface area contributed by atoms with Crippen molar-refractivity contribution in [3.05, 3.63) is 107 Å². The van der Waals surface area contributed by atoms with Crippen molar-refractivity contribution < 1.29 is 28.5 Å². The van der Waals surface area contributed by atoms with Crippen LogP contribution in [0.4, 0.5) is 0 Å². The quantitative estimate of drug-likeness (QED) is 0.177. The minimum atomic E-state index is -0.500. The van der Waals surface area contributed by atoms with Crippen LogP contribution in [0.25, 0.3) is 11.6 Å². The zero-order chi connectivity index (χ0) is 24.3. The van der Waals surface area contributed by atoms with Gasteiger partial charge in [-0.15, -0.1) is 0 Å². The van der Waals surface area contributed by atoms with E-state index in [9.17, 15) is 9.59 Å². The van der Waals surface area contributed by atoms with Gasteiger partial charge in [-0.1, -0.05) is 42.5 Å². The van der Waals surface area contributed by atoms with Crippen molar-refractivity contribution in [3.8, 4) is 11.5 Å². The molecule has 0 heterocycles. The van der Waals surface area contributed by atoms with Crippen LogP contribution in [0, 0.1) is 0 Å². The van der Waals surface area contributed by atoms with Crippen LogP contribution in [-0.4, -0.2) is 33.1 Å². The molecule has 174 valence electrons. The summed E-state index contributed by atoms with van der Waals surface area (Å²) in [5, 5.41) is 0. The van der Waals surface area contributed by atoms with E-state index in [1.165, 1.54) is 26.6 Å². The maximum atomic E-state index is 12.5. The molecule has 0 unspecified atom stereocenters. The number of carbonyl (C=O) groups is 2. The van der Waals surface area contributed by atoms with Gasteiger partial charge in [-0.25, -0.2) is 4.79 Å². The van der Waals surface area contributed by atoms with Gasteiger partial charge >= 0.3 is 5.97 Å². The first-order chi connectivity index (χ1) is 16.5. The molecule has 3 rings (SSSR count). The van der Waals surface area contributed by atoms with Gasteiger partial charge in [0, 0.05) is 5.56 Å². The summed E-state index contributed by atoms with van der Waals surface area (Å²) in [6.07, 6.45) is 4.64. The number of hydrogen-bond acceptors (Lipinski definition) is 6. The summed E-state index contributed by atoms with van der Waals surface area (Å²) in [5.41, 5.74) is 3.20. The standard InChI is InChI=1S/C28H26O6/c1-31-19-26(28(30)33-3)25-7-5-4-6-22(25)18-34-24-15-11-21(12-16-24)27(29)17-10-20-8-13-23(32-2)14-9-20/h4-17,19H,18H2,1-3H3/b17-10+,26-19+. The van der Waals surface area contributed by atoms with E-state index in [0.717, 1.165) is 16.9 Å². The lowest BCUT2D eigenvalue weighted by Gasteiger charge is -2.13. The Morgan fingerprint density at radius 1 is 0.824 bits per heavy atom. The topological polar surface area (TPSA) is 71.1 Å². The van der Waals surface area contributed by atoms with Gasteiger partial charge in [0.15, 0.2) is 5.78 Å². The third-order valence-electron chi connectivity index (χ3n) is 5.02. The molecule has 0 aliphatic rings. The molecule has 0 saturated carbocycles. The van der Waals surface area contributed by atoms with Crippen LogP contribution in [0.1, 0.15) is 27.0 Å². The van der Waals surface area contributed by atoms with Crippen LogP contribution in [0.15, 0.2) is 85.1 Å². The molecule has 0 spiro atoms. The molecular formula is C28H26O6. The minimum absolute atomic E-state index is 0.111. The van der Waals surface area contributed by atoms with Crippen molar-refractivity contribution in [3.63, 3.8) is 0 Å². The highest BCUT2D eigenvalue weighted by molar-refractivity contribution is 6.16. The second kappa shape index (κ2) is 12.1. The summed E-state index contributed by atoms with van der Waals surface area (Å²) in [7, 11) is 4.40. The van der Waals surface area contributed by atoms with Crippen LogP contribution >= 0.6 is 0 Å².